The van der Waals surface area contributed by atoms with Gasteiger partial charge in [-0.15, -0.1) is 0 Å². The smallest absolute Gasteiger partial charge is 0.242 e. The van der Waals surface area contributed by atoms with Gasteiger partial charge in [0.1, 0.15) is 0 Å². The molecular weight excluding hydrogens is 256 g/mol. The molecule has 20 heavy (non-hydrogen) atoms. The Bertz CT molecular complexity index is 314. The normalized spacial score (nSPS) is 15.9. The monoisotopic (exact) mass is 284 g/mol. The lowest BCUT2D eigenvalue weighted by atomic mass is 9.94. The van der Waals surface area contributed by atoms with Gasteiger partial charge in [-0.1, -0.05) is 19.3 Å². The van der Waals surface area contributed by atoms with Crippen LogP contribution < -0.4 is 0 Å². The van der Waals surface area contributed by atoms with Gasteiger partial charge in [0.2, 0.25) is 11.8 Å². The largest absolute Gasteiger partial charge is 0.396 e. The van der Waals surface area contributed by atoms with Crippen LogP contribution in [0.4, 0.5) is 0 Å². The maximum atomic E-state index is 12.2. The topological polar surface area (TPSA) is 60.9 Å². The van der Waals surface area contributed by atoms with Crippen molar-refractivity contribution in [2.75, 3.05) is 27.2 Å². The second-order valence-corrected chi connectivity index (χ2v) is 5.73. The van der Waals surface area contributed by atoms with Crippen LogP contribution >= 0.6 is 0 Å². The van der Waals surface area contributed by atoms with Gasteiger partial charge < -0.3 is 14.9 Å². The van der Waals surface area contributed by atoms with E-state index in [1.807, 2.05) is 11.9 Å². The average Bonchev–Trinajstić information content (AvgIpc) is 2.47. The number of carbonyl (C=O) groups is 2. The van der Waals surface area contributed by atoms with Crippen molar-refractivity contribution in [2.24, 2.45) is 0 Å². The summed E-state index contributed by atoms with van der Waals surface area (Å²) in [5, 5.41) is 8.69. The van der Waals surface area contributed by atoms with Gasteiger partial charge in [-0.2, -0.15) is 0 Å². The van der Waals surface area contributed by atoms with E-state index in [2.05, 4.69) is 0 Å². The van der Waals surface area contributed by atoms with E-state index in [0.29, 0.717) is 25.3 Å². The number of unbranched alkanes of at least 4 members (excludes halogenated alkanes) is 1. The molecule has 5 heteroatoms. The van der Waals surface area contributed by atoms with E-state index >= 15 is 0 Å². The van der Waals surface area contributed by atoms with Gasteiger partial charge in [-0.25, -0.2) is 0 Å². The van der Waals surface area contributed by atoms with Gasteiger partial charge in [-0.05, 0) is 25.7 Å². The third kappa shape index (κ3) is 5.49. The number of hydrogen-bond donors (Lipinski definition) is 1. The van der Waals surface area contributed by atoms with Gasteiger partial charge in [-0.3, -0.25) is 9.59 Å². The third-order valence-electron chi connectivity index (χ3n) is 4.11. The van der Waals surface area contributed by atoms with Crippen molar-refractivity contribution in [2.45, 2.75) is 57.4 Å². The van der Waals surface area contributed by atoms with E-state index in [0.717, 1.165) is 12.8 Å². The molecule has 1 N–H and O–H groups in total. The molecular formula is C15H28N2O3. The van der Waals surface area contributed by atoms with E-state index in [1.165, 1.54) is 24.2 Å². The van der Waals surface area contributed by atoms with Crippen molar-refractivity contribution in [1.29, 1.82) is 0 Å². The Morgan fingerprint density at radius 3 is 2.30 bits per heavy atom. The summed E-state index contributed by atoms with van der Waals surface area (Å²) in [6, 6.07) is 0.342. The first-order valence-electron chi connectivity index (χ1n) is 7.66. The molecule has 0 saturated heterocycles. The summed E-state index contributed by atoms with van der Waals surface area (Å²) in [5.74, 6) is -0.00116. The van der Waals surface area contributed by atoms with Gasteiger partial charge in [0, 0.05) is 33.2 Å². The summed E-state index contributed by atoms with van der Waals surface area (Å²) in [6.07, 6.45) is 7.52. The summed E-state index contributed by atoms with van der Waals surface area (Å²) < 4.78 is 0. The van der Waals surface area contributed by atoms with Gasteiger partial charge >= 0.3 is 0 Å². The number of rotatable bonds is 7. The van der Waals surface area contributed by atoms with Crippen molar-refractivity contribution in [3.8, 4) is 0 Å². The Morgan fingerprint density at radius 2 is 1.70 bits per heavy atom. The van der Waals surface area contributed by atoms with Crippen molar-refractivity contribution in [3.63, 3.8) is 0 Å². The van der Waals surface area contributed by atoms with Crippen LogP contribution in [0.1, 0.15) is 51.4 Å². The Balaban J connectivity index is 2.33. The Hall–Kier alpha value is -1.10. The molecule has 5 nitrogen and oxygen atoms in total. The lowest BCUT2D eigenvalue weighted by Crippen LogP contribution is -2.44. The Labute approximate surface area is 121 Å². The highest BCUT2D eigenvalue weighted by Gasteiger charge is 2.23. The summed E-state index contributed by atoms with van der Waals surface area (Å²) in [7, 11) is 3.52. The fourth-order valence-corrected chi connectivity index (χ4v) is 2.65. The van der Waals surface area contributed by atoms with Crippen LogP contribution in [0.2, 0.25) is 0 Å². The van der Waals surface area contributed by atoms with E-state index in [1.54, 1.807) is 7.05 Å². The standard InChI is InChI=1S/C15H28N2O3/c1-16(14(19)10-6-7-11-18)12-15(20)17(2)13-8-4-3-5-9-13/h13,18H,3-12H2,1-2H3. The second-order valence-electron chi connectivity index (χ2n) is 5.73. The van der Waals surface area contributed by atoms with Gasteiger partial charge in [0.25, 0.3) is 0 Å². The van der Waals surface area contributed by atoms with Crippen LogP contribution in [0.15, 0.2) is 0 Å². The molecule has 1 fully saturated rings. The SMILES string of the molecule is CN(CC(=O)N(C)C1CCCCC1)C(=O)CCCCO. The van der Waals surface area contributed by atoms with Crippen molar-refractivity contribution >= 4 is 11.8 Å². The molecule has 0 aromatic rings. The summed E-state index contributed by atoms with van der Waals surface area (Å²) in [6.45, 7) is 0.269. The molecule has 0 aromatic heterocycles. The zero-order chi connectivity index (χ0) is 15.0. The molecule has 0 bridgehead atoms. The molecule has 1 rings (SSSR count). The van der Waals surface area contributed by atoms with Crippen molar-refractivity contribution in [3.05, 3.63) is 0 Å². The molecule has 0 aromatic carbocycles. The highest BCUT2D eigenvalue weighted by atomic mass is 16.3. The number of aliphatic hydroxyl groups is 1. The van der Waals surface area contributed by atoms with Crippen molar-refractivity contribution in [1.82, 2.24) is 9.80 Å². The number of carbonyl (C=O) groups excluding carboxylic acids is 2. The number of likely N-dealkylation sites (N-methyl/N-ethyl adjacent to an activating group) is 2. The van der Waals surface area contributed by atoms with Crippen molar-refractivity contribution < 1.29 is 14.7 Å². The number of aliphatic hydroxyl groups excluding tert-OH is 1. The van der Waals surface area contributed by atoms with E-state index in [-0.39, 0.29) is 25.0 Å². The number of nitrogens with zero attached hydrogens (tertiary/aromatic N) is 2. The quantitative estimate of drug-likeness (QED) is 0.719. The fraction of sp³-hybridized carbons (Fsp3) is 0.867. The first kappa shape index (κ1) is 17.0. The minimum absolute atomic E-state index is 0.0231. The highest BCUT2D eigenvalue weighted by Crippen LogP contribution is 2.21. The second kappa shape index (κ2) is 8.95. The predicted octanol–water partition coefficient (Wildman–Crippen LogP) is 1.40. The molecule has 1 aliphatic rings. The molecule has 0 atom stereocenters. The van der Waals surface area contributed by atoms with Crippen LogP contribution in [0.25, 0.3) is 0 Å². The molecule has 1 saturated carbocycles. The first-order valence-corrected chi connectivity index (χ1v) is 7.66. The predicted molar refractivity (Wildman–Crippen MR) is 78.2 cm³/mol. The van der Waals surface area contributed by atoms with E-state index < -0.39 is 0 Å². The molecule has 0 radical (unpaired) electrons. The minimum Gasteiger partial charge on any atom is -0.396 e. The minimum atomic E-state index is -0.0242. The molecule has 0 unspecified atom stereocenters. The van der Waals surface area contributed by atoms with Gasteiger partial charge in [0.15, 0.2) is 0 Å². The summed E-state index contributed by atoms with van der Waals surface area (Å²) in [5.41, 5.74) is 0. The Kier molecular flexibility index (Phi) is 7.59. The maximum absolute atomic E-state index is 12.2. The number of amides is 2. The Morgan fingerprint density at radius 1 is 1.05 bits per heavy atom. The van der Waals surface area contributed by atoms with Crippen LogP contribution in [-0.2, 0) is 9.59 Å². The lowest BCUT2D eigenvalue weighted by molar-refractivity contribution is -0.140. The summed E-state index contributed by atoms with van der Waals surface area (Å²) >= 11 is 0. The number of hydrogen-bond acceptors (Lipinski definition) is 3. The molecule has 2 amide bonds. The average molecular weight is 284 g/mol. The van der Waals surface area contributed by atoms with E-state index in [9.17, 15) is 9.59 Å². The summed E-state index contributed by atoms with van der Waals surface area (Å²) in [4.78, 5) is 27.3. The zero-order valence-corrected chi connectivity index (χ0v) is 12.8. The van der Waals surface area contributed by atoms with Crippen LogP contribution in [0.5, 0.6) is 0 Å². The molecule has 0 aliphatic heterocycles. The maximum Gasteiger partial charge on any atom is 0.242 e. The third-order valence-corrected chi connectivity index (χ3v) is 4.11. The molecule has 116 valence electrons. The molecule has 0 spiro atoms. The zero-order valence-electron chi connectivity index (χ0n) is 12.8. The lowest BCUT2D eigenvalue weighted by Gasteiger charge is -2.32. The van der Waals surface area contributed by atoms with Gasteiger partial charge in [0.05, 0.1) is 6.54 Å². The highest BCUT2D eigenvalue weighted by molar-refractivity contribution is 5.84. The fourth-order valence-electron chi connectivity index (χ4n) is 2.65. The van der Waals surface area contributed by atoms with Crippen LogP contribution in [0, 0.1) is 0 Å². The van der Waals surface area contributed by atoms with Crippen LogP contribution in [0.3, 0.4) is 0 Å². The molecule has 1 aliphatic carbocycles. The molecule has 0 heterocycles. The van der Waals surface area contributed by atoms with Crippen LogP contribution in [-0.4, -0.2) is 60.0 Å². The van der Waals surface area contributed by atoms with E-state index in [4.69, 9.17) is 5.11 Å². The first-order chi connectivity index (χ1) is 9.56.